The van der Waals surface area contributed by atoms with Crippen LogP contribution in [0.4, 0.5) is 8.78 Å². The van der Waals surface area contributed by atoms with E-state index in [0.717, 1.165) is 12.1 Å². The molecule has 0 aliphatic carbocycles. The minimum absolute atomic E-state index is 0.121. The van der Waals surface area contributed by atoms with Crippen LogP contribution in [0, 0.1) is 11.3 Å². The van der Waals surface area contributed by atoms with E-state index in [1.54, 1.807) is 0 Å². The van der Waals surface area contributed by atoms with Crippen molar-refractivity contribution in [3.8, 4) is 0 Å². The van der Waals surface area contributed by atoms with Gasteiger partial charge in [0.2, 0.25) is 0 Å². The summed E-state index contributed by atoms with van der Waals surface area (Å²) >= 11 is 0. The molecule has 0 bridgehead atoms. The summed E-state index contributed by atoms with van der Waals surface area (Å²) in [5.41, 5.74) is 0.773. The Bertz CT molecular complexity index is 409. The van der Waals surface area contributed by atoms with E-state index >= 15 is 0 Å². The maximum Gasteiger partial charge on any atom is 0.263 e. The predicted octanol–water partition coefficient (Wildman–Crippen LogP) is 4.19. The van der Waals surface area contributed by atoms with Crippen LogP contribution in [0.15, 0.2) is 30.3 Å². The van der Waals surface area contributed by atoms with Crippen molar-refractivity contribution >= 4 is 0 Å². The van der Waals surface area contributed by atoms with Crippen molar-refractivity contribution in [3.05, 3.63) is 35.9 Å². The fourth-order valence-electron chi connectivity index (χ4n) is 3.05. The van der Waals surface area contributed by atoms with Crippen molar-refractivity contribution in [3.63, 3.8) is 0 Å². The first kappa shape index (κ1) is 14.4. The second-order valence-electron chi connectivity index (χ2n) is 6.66. The molecule has 0 saturated carbocycles. The molecule has 1 saturated heterocycles. The molecule has 3 heteroatoms. The van der Waals surface area contributed by atoms with Gasteiger partial charge in [-0.05, 0) is 23.9 Å². The molecule has 0 N–H and O–H groups in total. The van der Waals surface area contributed by atoms with E-state index in [-0.39, 0.29) is 12.0 Å². The maximum absolute atomic E-state index is 14.3. The maximum atomic E-state index is 14.3. The van der Waals surface area contributed by atoms with Crippen LogP contribution in [0.2, 0.25) is 0 Å². The SMILES string of the molecule is CC(C)(C)C1CCN(Cc2ccccc2)CC1(F)F. The number of halogens is 2. The average Bonchev–Trinajstić information content (AvgIpc) is 2.27. The lowest BCUT2D eigenvalue weighted by Gasteiger charge is -2.44. The van der Waals surface area contributed by atoms with E-state index in [9.17, 15) is 8.78 Å². The molecule has 0 aromatic heterocycles. The number of hydrogen-bond acceptors (Lipinski definition) is 1. The number of piperidine rings is 1. The highest BCUT2D eigenvalue weighted by molar-refractivity contribution is 5.14. The number of rotatable bonds is 2. The second-order valence-corrected chi connectivity index (χ2v) is 6.66. The third-order valence-corrected chi connectivity index (χ3v) is 3.97. The first-order valence-corrected chi connectivity index (χ1v) is 6.93. The average molecular weight is 267 g/mol. The van der Waals surface area contributed by atoms with Crippen molar-refractivity contribution in [1.29, 1.82) is 0 Å². The van der Waals surface area contributed by atoms with E-state index in [2.05, 4.69) is 0 Å². The normalized spacial score (nSPS) is 24.4. The molecule has 1 unspecified atom stereocenters. The molecule has 2 rings (SSSR count). The zero-order valence-electron chi connectivity index (χ0n) is 12.0. The van der Waals surface area contributed by atoms with Crippen LogP contribution in [0.1, 0.15) is 32.8 Å². The first-order chi connectivity index (χ1) is 8.79. The summed E-state index contributed by atoms with van der Waals surface area (Å²) in [5.74, 6) is -3.11. The van der Waals surface area contributed by atoms with Gasteiger partial charge < -0.3 is 0 Å². The summed E-state index contributed by atoms with van der Waals surface area (Å²) in [6.07, 6.45) is 0.573. The van der Waals surface area contributed by atoms with E-state index in [1.807, 2.05) is 56.0 Å². The monoisotopic (exact) mass is 267 g/mol. The molecule has 1 aromatic carbocycles. The smallest absolute Gasteiger partial charge is 0.263 e. The molecule has 1 fully saturated rings. The highest BCUT2D eigenvalue weighted by atomic mass is 19.3. The summed E-state index contributed by atoms with van der Waals surface area (Å²) in [5, 5.41) is 0. The minimum atomic E-state index is -2.59. The lowest BCUT2D eigenvalue weighted by atomic mass is 9.73. The molecular formula is C16H23F2N. The van der Waals surface area contributed by atoms with Crippen LogP contribution in [0.3, 0.4) is 0 Å². The third-order valence-electron chi connectivity index (χ3n) is 3.97. The molecular weight excluding hydrogens is 244 g/mol. The molecule has 19 heavy (non-hydrogen) atoms. The Morgan fingerprint density at radius 3 is 2.37 bits per heavy atom. The van der Waals surface area contributed by atoms with Gasteiger partial charge in [-0.3, -0.25) is 4.90 Å². The van der Waals surface area contributed by atoms with Crippen molar-refractivity contribution < 1.29 is 8.78 Å². The fourth-order valence-corrected chi connectivity index (χ4v) is 3.05. The molecule has 1 aliphatic rings. The summed E-state index contributed by atoms with van der Waals surface area (Å²) in [7, 11) is 0. The quantitative estimate of drug-likeness (QED) is 0.776. The van der Waals surface area contributed by atoms with Gasteiger partial charge in [0.1, 0.15) is 0 Å². The number of nitrogens with zero attached hydrogens (tertiary/aromatic N) is 1. The van der Waals surface area contributed by atoms with Gasteiger partial charge in [0.25, 0.3) is 5.92 Å². The highest BCUT2D eigenvalue weighted by Gasteiger charge is 2.49. The van der Waals surface area contributed by atoms with Crippen molar-refractivity contribution in [1.82, 2.24) is 4.90 Å². The number of hydrogen-bond donors (Lipinski definition) is 0. The van der Waals surface area contributed by atoms with Gasteiger partial charge in [0, 0.05) is 12.5 Å². The van der Waals surface area contributed by atoms with Gasteiger partial charge >= 0.3 is 0 Å². The van der Waals surface area contributed by atoms with Gasteiger partial charge in [0.05, 0.1) is 6.54 Å². The van der Waals surface area contributed by atoms with Gasteiger partial charge in [-0.25, -0.2) is 8.78 Å². The summed E-state index contributed by atoms with van der Waals surface area (Å²) in [4.78, 5) is 1.87. The fraction of sp³-hybridized carbons (Fsp3) is 0.625. The van der Waals surface area contributed by atoms with Crippen molar-refractivity contribution in [2.45, 2.75) is 39.7 Å². The van der Waals surface area contributed by atoms with Gasteiger partial charge in [-0.1, -0.05) is 51.1 Å². The van der Waals surface area contributed by atoms with Crippen LogP contribution >= 0.6 is 0 Å². The molecule has 1 aromatic rings. The lowest BCUT2D eigenvalue weighted by molar-refractivity contribution is -0.145. The number of alkyl halides is 2. The Morgan fingerprint density at radius 1 is 1.21 bits per heavy atom. The summed E-state index contributed by atoms with van der Waals surface area (Å²) < 4.78 is 28.6. The van der Waals surface area contributed by atoms with E-state index in [0.29, 0.717) is 13.0 Å². The van der Waals surface area contributed by atoms with Crippen LogP contribution in [0.5, 0.6) is 0 Å². The van der Waals surface area contributed by atoms with Crippen LogP contribution in [-0.4, -0.2) is 23.9 Å². The van der Waals surface area contributed by atoms with E-state index in [1.165, 1.54) is 0 Å². The topological polar surface area (TPSA) is 3.24 Å². The standard InChI is InChI=1S/C16H23F2N/c1-15(2,3)14-9-10-19(12-16(14,17)18)11-13-7-5-4-6-8-13/h4-8,14H,9-12H2,1-3H3. The Morgan fingerprint density at radius 2 is 1.84 bits per heavy atom. The van der Waals surface area contributed by atoms with Crippen molar-refractivity contribution in [2.75, 3.05) is 13.1 Å². The minimum Gasteiger partial charge on any atom is -0.293 e. The largest absolute Gasteiger partial charge is 0.293 e. The molecule has 106 valence electrons. The van der Waals surface area contributed by atoms with Crippen LogP contribution < -0.4 is 0 Å². The van der Waals surface area contributed by atoms with Gasteiger partial charge in [0.15, 0.2) is 0 Å². The zero-order chi connectivity index (χ0) is 14.1. The van der Waals surface area contributed by atoms with E-state index < -0.39 is 11.8 Å². The van der Waals surface area contributed by atoms with E-state index in [4.69, 9.17) is 0 Å². The van der Waals surface area contributed by atoms with Crippen LogP contribution in [0.25, 0.3) is 0 Å². The Kier molecular flexibility index (Phi) is 3.95. The Hall–Kier alpha value is -0.960. The molecule has 0 amide bonds. The Labute approximate surface area is 114 Å². The number of likely N-dealkylation sites (tertiary alicyclic amines) is 1. The predicted molar refractivity (Wildman–Crippen MR) is 74.2 cm³/mol. The highest BCUT2D eigenvalue weighted by Crippen LogP contribution is 2.43. The molecule has 0 spiro atoms. The summed E-state index contributed by atoms with van der Waals surface area (Å²) in [6.45, 7) is 7.00. The van der Waals surface area contributed by atoms with Gasteiger partial charge in [-0.2, -0.15) is 0 Å². The Balaban J connectivity index is 2.02. The van der Waals surface area contributed by atoms with Crippen LogP contribution in [-0.2, 0) is 6.54 Å². The molecule has 1 atom stereocenters. The molecule has 1 aliphatic heterocycles. The molecule has 1 heterocycles. The van der Waals surface area contributed by atoms with Crippen molar-refractivity contribution in [2.24, 2.45) is 11.3 Å². The zero-order valence-corrected chi connectivity index (χ0v) is 12.0. The second kappa shape index (κ2) is 5.20. The summed E-state index contributed by atoms with van der Waals surface area (Å²) in [6, 6.07) is 9.84. The lowest BCUT2D eigenvalue weighted by Crippen LogP contribution is -2.52. The first-order valence-electron chi connectivity index (χ1n) is 6.93. The number of benzene rings is 1. The molecule has 1 nitrogen and oxygen atoms in total. The van der Waals surface area contributed by atoms with Gasteiger partial charge in [-0.15, -0.1) is 0 Å². The molecule has 0 radical (unpaired) electrons. The third kappa shape index (κ3) is 3.53.